The maximum Gasteiger partial charge on any atom is 0.251 e. The number of carbonyl (C=O) groups excluding carboxylic acids is 7. The largest absolute Gasteiger partial charge is 0.347 e. The number of likely N-dealkylation sites (tertiary alicyclic amines) is 1. The first-order chi connectivity index (χ1) is 38.0. The minimum atomic E-state index is -0.969. The summed E-state index contributed by atoms with van der Waals surface area (Å²) in [7, 11) is 3.36. The zero-order valence-corrected chi connectivity index (χ0v) is 48.2. The highest BCUT2D eigenvalue weighted by atomic mass is 16.2. The molecule has 1 aliphatic carbocycles. The average molecular weight is 1090 g/mol. The first-order valence-corrected chi connectivity index (χ1v) is 28.2. The molecule has 8 atom stereocenters. The van der Waals surface area contributed by atoms with E-state index in [1.165, 1.54) is 10.5 Å². The van der Waals surface area contributed by atoms with Crippen LogP contribution in [0.2, 0.25) is 0 Å². The van der Waals surface area contributed by atoms with E-state index in [1.54, 1.807) is 49.9 Å². The Bertz CT molecular complexity index is 3090. The van der Waals surface area contributed by atoms with Gasteiger partial charge in [0.25, 0.3) is 5.91 Å². The second-order valence-corrected chi connectivity index (χ2v) is 24.2. The van der Waals surface area contributed by atoms with Gasteiger partial charge in [-0.1, -0.05) is 139 Å². The molecular weight excluding hydrogens is 1010 g/mol. The lowest BCUT2D eigenvalue weighted by atomic mass is 9.84. The number of hydrogen-bond acceptors (Lipinski definition) is 9. The summed E-state index contributed by atoms with van der Waals surface area (Å²) in [6.45, 7) is 15.4. The Hall–Kier alpha value is -7.43. The van der Waals surface area contributed by atoms with Crippen LogP contribution < -0.4 is 31.9 Å². The van der Waals surface area contributed by atoms with Crippen LogP contribution in [0, 0.1) is 10.8 Å². The van der Waals surface area contributed by atoms with Crippen LogP contribution in [-0.4, -0.2) is 119 Å². The molecule has 1 fully saturated rings. The van der Waals surface area contributed by atoms with Crippen molar-refractivity contribution in [2.75, 3.05) is 20.6 Å². The smallest absolute Gasteiger partial charge is 0.251 e. The number of amides is 7. The number of rotatable bonds is 17. The van der Waals surface area contributed by atoms with Gasteiger partial charge in [0.05, 0.1) is 18.1 Å². The van der Waals surface area contributed by atoms with Gasteiger partial charge in [0.2, 0.25) is 35.4 Å². The Morgan fingerprint density at radius 1 is 0.613 bits per heavy atom. The lowest BCUT2D eigenvalue weighted by Crippen LogP contribution is -2.62. The third kappa shape index (κ3) is 13.6. The molecule has 1 saturated heterocycles. The minimum absolute atomic E-state index is 0.0426. The van der Waals surface area contributed by atoms with Crippen molar-refractivity contribution in [3.63, 3.8) is 0 Å². The maximum atomic E-state index is 15.5. The highest BCUT2D eigenvalue weighted by Gasteiger charge is 2.47. The van der Waals surface area contributed by atoms with Crippen LogP contribution >= 0.6 is 0 Å². The molecule has 5 aromatic rings. The van der Waals surface area contributed by atoms with E-state index < -0.39 is 64.9 Å². The summed E-state index contributed by atoms with van der Waals surface area (Å²) in [6.07, 6.45) is 3.00. The van der Waals surface area contributed by atoms with Gasteiger partial charge in [-0.2, -0.15) is 0 Å². The van der Waals surface area contributed by atoms with Gasteiger partial charge in [0.15, 0.2) is 0 Å². The molecule has 0 aromatic heterocycles. The van der Waals surface area contributed by atoms with E-state index >= 15 is 9.59 Å². The van der Waals surface area contributed by atoms with E-state index in [2.05, 4.69) is 44.0 Å². The van der Waals surface area contributed by atoms with Gasteiger partial charge in [-0.15, -0.1) is 0 Å². The zero-order chi connectivity index (χ0) is 57.6. The van der Waals surface area contributed by atoms with Crippen molar-refractivity contribution in [2.24, 2.45) is 10.8 Å². The summed E-state index contributed by atoms with van der Waals surface area (Å²) in [6, 6.07) is 31.4. The van der Waals surface area contributed by atoms with E-state index in [-0.39, 0.29) is 74.6 Å². The zero-order valence-electron chi connectivity index (χ0n) is 48.2. The normalized spacial score (nSPS) is 19.6. The van der Waals surface area contributed by atoms with Crippen LogP contribution in [0.3, 0.4) is 0 Å². The summed E-state index contributed by atoms with van der Waals surface area (Å²) in [5.74, 6) is -2.41. The summed E-state index contributed by atoms with van der Waals surface area (Å²) in [4.78, 5) is 106. The van der Waals surface area contributed by atoms with E-state index in [9.17, 15) is 24.0 Å². The van der Waals surface area contributed by atoms with Crippen molar-refractivity contribution in [3.8, 4) is 0 Å². The van der Waals surface area contributed by atoms with Crippen LogP contribution in [0.1, 0.15) is 124 Å². The molecular formula is C64H81N9O7. The first kappa shape index (κ1) is 58.7. The third-order valence-electron chi connectivity index (χ3n) is 16.3. The quantitative estimate of drug-likeness (QED) is 0.0602. The predicted octanol–water partition coefficient (Wildman–Crippen LogP) is 6.49. The van der Waals surface area contributed by atoms with Crippen LogP contribution in [0.15, 0.2) is 115 Å². The fourth-order valence-electron chi connectivity index (χ4n) is 11.2. The molecule has 6 N–H and O–H groups in total. The highest BCUT2D eigenvalue weighted by molar-refractivity contribution is 5.97. The lowest BCUT2D eigenvalue weighted by Gasteiger charge is -2.42. The highest BCUT2D eigenvalue weighted by Crippen LogP contribution is 2.33. The van der Waals surface area contributed by atoms with Gasteiger partial charge >= 0.3 is 0 Å². The van der Waals surface area contributed by atoms with E-state index in [4.69, 9.17) is 0 Å². The van der Waals surface area contributed by atoms with Crippen molar-refractivity contribution in [3.05, 3.63) is 154 Å². The molecule has 3 aliphatic rings. The molecule has 2 unspecified atom stereocenters. The Balaban J connectivity index is 1.05. The van der Waals surface area contributed by atoms with Crippen molar-refractivity contribution in [2.45, 2.75) is 155 Å². The number of fused-ring (bicyclic) bond motifs is 3. The standard InChI is InChI=1S/C64H81N9O7/c1-39(65-9)56(74)69-54(63(3,4)5)61(79)72-37-48-22-14-13-21-47(48)33-53(72)60(78)71(36-42-28-29-43-18-11-12-20-46(43)32-42)35-41-26-30-45(31-27-41)58(76)67-49-34-52(59(77)68-51-25-17-23-44-19-15-16-24-50(44)51)73(38-49)62(80)55(64(6,7)8)70-57(75)40(2)66-10/h11-16,18-22,24,26-32,39-40,49,51-55,65-66H,17,23,25,33-38H2,1-10H3,(H,67,76)(H,68,77)(H,69,74)(H,70,75)/t39-,40-,49-,51?,52-,53?,54+,55+/m0/s1. The number of nitrogens with one attached hydrogen (secondary N) is 6. The summed E-state index contributed by atoms with van der Waals surface area (Å²) < 4.78 is 0. The first-order valence-electron chi connectivity index (χ1n) is 28.2. The van der Waals surface area contributed by atoms with Gasteiger partial charge in [-0.3, -0.25) is 33.6 Å². The van der Waals surface area contributed by atoms with Crippen LogP contribution in [0.25, 0.3) is 10.8 Å². The number of benzene rings is 5. The van der Waals surface area contributed by atoms with Crippen molar-refractivity contribution in [1.82, 2.24) is 46.6 Å². The van der Waals surface area contributed by atoms with E-state index in [0.717, 1.165) is 57.9 Å². The fourth-order valence-corrected chi connectivity index (χ4v) is 11.2. The molecule has 16 heteroatoms. The van der Waals surface area contributed by atoms with Crippen molar-refractivity contribution >= 4 is 52.1 Å². The molecule has 7 amide bonds. The predicted molar refractivity (Wildman–Crippen MR) is 311 cm³/mol. The van der Waals surface area contributed by atoms with Gasteiger partial charge in [0.1, 0.15) is 24.2 Å². The molecule has 5 aromatic carbocycles. The summed E-state index contributed by atoms with van der Waals surface area (Å²) in [5.41, 5.74) is 4.69. The SMILES string of the molecule is CN[C@@H](C)C(=O)N[C@H](C(=O)N1Cc2ccccc2CC1C(=O)N(Cc1ccc(C(=O)N[C@H]2C[C@@H](C(=O)NC3CCCc4ccccc43)N(C(=O)[C@@H](NC(=O)[C@H](C)NC)C(C)(C)C)C2)cc1)Cc1ccc2ccccc2c1)C(C)(C)C. The molecule has 0 spiro atoms. The summed E-state index contributed by atoms with van der Waals surface area (Å²) in [5, 5.41) is 20.3. The Labute approximate surface area is 471 Å². The molecule has 0 saturated carbocycles. The molecule has 424 valence electrons. The van der Waals surface area contributed by atoms with E-state index in [0.29, 0.717) is 5.56 Å². The molecule has 80 heavy (non-hydrogen) atoms. The van der Waals surface area contributed by atoms with Gasteiger partial charge < -0.3 is 46.6 Å². The topological polar surface area (TPSA) is 201 Å². The molecule has 0 bridgehead atoms. The number of likely N-dealkylation sites (N-methyl/N-ethyl adjacent to an activating group) is 2. The Morgan fingerprint density at radius 2 is 1.16 bits per heavy atom. The average Bonchev–Trinajstić information content (AvgIpc) is 3.91. The van der Waals surface area contributed by atoms with Gasteiger partial charge in [-0.25, -0.2) is 0 Å². The number of aryl methyl sites for hydroxylation is 1. The Morgan fingerprint density at radius 3 is 1.79 bits per heavy atom. The number of carbonyl (C=O) groups is 7. The third-order valence-corrected chi connectivity index (χ3v) is 16.3. The Kier molecular flexibility index (Phi) is 18.3. The molecule has 16 nitrogen and oxygen atoms in total. The van der Waals surface area contributed by atoms with Gasteiger partial charge in [-0.05, 0) is 127 Å². The van der Waals surface area contributed by atoms with Gasteiger partial charge in [0, 0.05) is 44.2 Å². The fraction of sp³-hybridized carbons (Fsp3) is 0.453. The van der Waals surface area contributed by atoms with E-state index in [1.807, 2.05) is 133 Å². The monoisotopic (exact) mass is 1090 g/mol. The second-order valence-electron chi connectivity index (χ2n) is 24.2. The molecule has 0 radical (unpaired) electrons. The van der Waals surface area contributed by atoms with Crippen molar-refractivity contribution in [1.29, 1.82) is 0 Å². The number of nitrogens with zero attached hydrogens (tertiary/aromatic N) is 3. The lowest BCUT2D eigenvalue weighted by molar-refractivity contribution is -0.151. The minimum Gasteiger partial charge on any atom is -0.347 e. The molecule has 2 heterocycles. The molecule has 8 rings (SSSR count). The van der Waals surface area contributed by atoms with Crippen LogP contribution in [0.5, 0.6) is 0 Å². The summed E-state index contributed by atoms with van der Waals surface area (Å²) >= 11 is 0. The number of hydrogen-bond donors (Lipinski definition) is 6. The van der Waals surface area contributed by atoms with Crippen LogP contribution in [-0.2, 0) is 61.2 Å². The van der Waals surface area contributed by atoms with Crippen molar-refractivity contribution < 1.29 is 33.6 Å². The van der Waals surface area contributed by atoms with Crippen LogP contribution in [0.4, 0.5) is 0 Å². The second kappa shape index (κ2) is 24.9. The maximum absolute atomic E-state index is 15.5. The molecule has 2 aliphatic heterocycles.